The zero-order valence-corrected chi connectivity index (χ0v) is 9.66. The Balaban J connectivity index is 2.30. The molecular formula is C11H20N4. The number of aromatic nitrogens is 3. The van der Waals surface area contributed by atoms with E-state index in [1.54, 1.807) is 0 Å². The lowest BCUT2D eigenvalue weighted by Crippen LogP contribution is -2.41. The standard InChI is InChI=1S/C11H20N4/c1-3-9-13-10(15(2)14-9)11(12)7-5-4-6-8-11/h3-8,12H2,1-2H3. The second kappa shape index (κ2) is 3.93. The molecule has 1 aromatic heterocycles. The highest BCUT2D eigenvalue weighted by Crippen LogP contribution is 2.33. The van der Waals surface area contributed by atoms with Crippen molar-refractivity contribution in [2.24, 2.45) is 12.8 Å². The van der Waals surface area contributed by atoms with Crippen molar-refractivity contribution in [2.45, 2.75) is 51.0 Å². The molecular weight excluding hydrogens is 188 g/mol. The normalized spacial score (nSPS) is 20.5. The van der Waals surface area contributed by atoms with Gasteiger partial charge in [0.15, 0.2) is 5.82 Å². The third-order valence-electron chi connectivity index (χ3n) is 3.31. The Kier molecular flexibility index (Phi) is 2.78. The number of rotatable bonds is 2. The molecule has 15 heavy (non-hydrogen) atoms. The average Bonchev–Trinajstić information content (AvgIpc) is 2.61. The maximum atomic E-state index is 6.43. The third-order valence-corrected chi connectivity index (χ3v) is 3.31. The zero-order valence-electron chi connectivity index (χ0n) is 9.66. The second-order valence-electron chi connectivity index (χ2n) is 4.55. The van der Waals surface area contributed by atoms with Crippen LogP contribution in [0.15, 0.2) is 0 Å². The summed E-state index contributed by atoms with van der Waals surface area (Å²) in [6.45, 7) is 2.07. The van der Waals surface area contributed by atoms with Gasteiger partial charge < -0.3 is 5.73 Å². The minimum absolute atomic E-state index is 0.229. The van der Waals surface area contributed by atoms with Gasteiger partial charge in [-0.15, -0.1) is 0 Å². The monoisotopic (exact) mass is 208 g/mol. The number of nitrogens with zero attached hydrogens (tertiary/aromatic N) is 3. The van der Waals surface area contributed by atoms with Crippen molar-refractivity contribution >= 4 is 0 Å². The van der Waals surface area contributed by atoms with Gasteiger partial charge >= 0.3 is 0 Å². The van der Waals surface area contributed by atoms with Gasteiger partial charge in [-0.2, -0.15) is 5.10 Å². The van der Waals surface area contributed by atoms with Gasteiger partial charge in [-0.1, -0.05) is 26.2 Å². The summed E-state index contributed by atoms with van der Waals surface area (Å²) in [4.78, 5) is 4.55. The Morgan fingerprint density at radius 1 is 1.33 bits per heavy atom. The van der Waals surface area contributed by atoms with E-state index in [0.717, 1.165) is 30.9 Å². The first-order valence-corrected chi connectivity index (χ1v) is 5.85. The molecule has 0 saturated heterocycles. The fourth-order valence-corrected chi connectivity index (χ4v) is 2.43. The van der Waals surface area contributed by atoms with Crippen molar-refractivity contribution in [1.82, 2.24) is 14.8 Å². The summed E-state index contributed by atoms with van der Waals surface area (Å²) in [5.74, 6) is 1.88. The minimum atomic E-state index is -0.229. The van der Waals surface area contributed by atoms with Crippen LogP contribution in [0.3, 0.4) is 0 Å². The molecule has 0 spiro atoms. The van der Waals surface area contributed by atoms with Gasteiger partial charge in [-0.25, -0.2) is 4.98 Å². The molecule has 0 radical (unpaired) electrons. The quantitative estimate of drug-likeness (QED) is 0.801. The highest BCUT2D eigenvalue weighted by Gasteiger charge is 2.33. The van der Waals surface area contributed by atoms with Crippen LogP contribution in [-0.2, 0) is 19.0 Å². The highest BCUT2D eigenvalue weighted by atomic mass is 15.3. The van der Waals surface area contributed by atoms with E-state index in [-0.39, 0.29) is 5.54 Å². The van der Waals surface area contributed by atoms with E-state index < -0.39 is 0 Å². The van der Waals surface area contributed by atoms with Crippen LogP contribution in [-0.4, -0.2) is 14.8 Å². The van der Waals surface area contributed by atoms with E-state index in [4.69, 9.17) is 5.73 Å². The molecule has 2 N–H and O–H groups in total. The lowest BCUT2D eigenvalue weighted by molar-refractivity contribution is 0.278. The van der Waals surface area contributed by atoms with Crippen molar-refractivity contribution in [3.05, 3.63) is 11.6 Å². The first-order chi connectivity index (χ1) is 7.15. The topological polar surface area (TPSA) is 56.7 Å². The SMILES string of the molecule is CCc1nc(C2(N)CCCCC2)n(C)n1. The van der Waals surface area contributed by atoms with Crippen LogP contribution in [0.25, 0.3) is 0 Å². The van der Waals surface area contributed by atoms with E-state index in [1.807, 2.05) is 11.7 Å². The molecule has 1 saturated carbocycles. The minimum Gasteiger partial charge on any atom is -0.319 e. The molecule has 0 unspecified atom stereocenters. The molecule has 84 valence electrons. The van der Waals surface area contributed by atoms with E-state index in [0.29, 0.717) is 0 Å². The Morgan fingerprint density at radius 2 is 2.00 bits per heavy atom. The fourth-order valence-electron chi connectivity index (χ4n) is 2.43. The zero-order chi connectivity index (χ0) is 10.9. The molecule has 1 aliphatic rings. The van der Waals surface area contributed by atoms with Gasteiger partial charge in [-0.05, 0) is 12.8 Å². The number of aryl methyl sites for hydroxylation is 2. The molecule has 2 rings (SSSR count). The maximum Gasteiger partial charge on any atom is 0.150 e. The van der Waals surface area contributed by atoms with E-state index in [2.05, 4.69) is 17.0 Å². The first kappa shape index (κ1) is 10.6. The van der Waals surface area contributed by atoms with Crippen LogP contribution in [0.4, 0.5) is 0 Å². The Bertz CT molecular complexity index is 336. The summed E-state index contributed by atoms with van der Waals surface area (Å²) >= 11 is 0. The van der Waals surface area contributed by atoms with E-state index >= 15 is 0 Å². The summed E-state index contributed by atoms with van der Waals surface area (Å²) < 4.78 is 1.87. The van der Waals surface area contributed by atoms with Crippen LogP contribution in [0, 0.1) is 0 Å². The predicted molar refractivity (Wildman–Crippen MR) is 59.3 cm³/mol. The molecule has 0 bridgehead atoms. The average molecular weight is 208 g/mol. The Hall–Kier alpha value is -0.900. The highest BCUT2D eigenvalue weighted by molar-refractivity contribution is 5.08. The maximum absolute atomic E-state index is 6.43. The smallest absolute Gasteiger partial charge is 0.150 e. The van der Waals surface area contributed by atoms with Crippen LogP contribution >= 0.6 is 0 Å². The van der Waals surface area contributed by atoms with E-state index in [1.165, 1.54) is 19.3 Å². The van der Waals surface area contributed by atoms with Crippen molar-refractivity contribution in [1.29, 1.82) is 0 Å². The van der Waals surface area contributed by atoms with Crippen LogP contribution < -0.4 is 5.73 Å². The van der Waals surface area contributed by atoms with Crippen LogP contribution in [0.2, 0.25) is 0 Å². The van der Waals surface area contributed by atoms with Crippen molar-refractivity contribution in [3.63, 3.8) is 0 Å². The molecule has 0 amide bonds. The first-order valence-electron chi connectivity index (χ1n) is 5.85. The van der Waals surface area contributed by atoms with E-state index in [9.17, 15) is 0 Å². The van der Waals surface area contributed by atoms with Crippen molar-refractivity contribution in [2.75, 3.05) is 0 Å². The largest absolute Gasteiger partial charge is 0.319 e. The summed E-state index contributed by atoms with van der Waals surface area (Å²) in [7, 11) is 1.95. The van der Waals surface area contributed by atoms with Crippen LogP contribution in [0.1, 0.15) is 50.7 Å². The van der Waals surface area contributed by atoms with Crippen molar-refractivity contribution < 1.29 is 0 Å². The molecule has 0 aromatic carbocycles. The molecule has 4 nitrogen and oxygen atoms in total. The summed E-state index contributed by atoms with van der Waals surface area (Å²) in [6, 6.07) is 0. The van der Waals surface area contributed by atoms with Gasteiger partial charge in [0, 0.05) is 13.5 Å². The third kappa shape index (κ3) is 1.91. The second-order valence-corrected chi connectivity index (χ2v) is 4.55. The molecule has 4 heteroatoms. The fraction of sp³-hybridized carbons (Fsp3) is 0.818. The molecule has 0 atom stereocenters. The summed E-state index contributed by atoms with van der Waals surface area (Å²) in [5.41, 5.74) is 6.20. The van der Waals surface area contributed by atoms with Gasteiger partial charge in [0.1, 0.15) is 5.82 Å². The lowest BCUT2D eigenvalue weighted by atomic mass is 9.82. The Morgan fingerprint density at radius 3 is 2.53 bits per heavy atom. The summed E-state index contributed by atoms with van der Waals surface area (Å²) in [6.07, 6.45) is 6.70. The van der Waals surface area contributed by atoms with Gasteiger partial charge in [-0.3, -0.25) is 4.68 Å². The van der Waals surface area contributed by atoms with Crippen LogP contribution in [0.5, 0.6) is 0 Å². The summed E-state index contributed by atoms with van der Waals surface area (Å²) in [5, 5.41) is 4.38. The molecule has 1 fully saturated rings. The molecule has 1 aromatic rings. The lowest BCUT2D eigenvalue weighted by Gasteiger charge is -2.31. The van der Waals surface area contributed by atoms with Gasteiger partial charge in [0.2, 0.25) is 0 Å². The van der Waals surface area contributed by atoms with Gasteiger partial charge in [0.25, 0.3) is 0 Å². The number of nitrogens with two attached hydrogens (primary N) is 1. The van der Waals surface area contributed by atoms with Crippen molar-refractivity contribution in [3.8, 4) is 0 Å². The number of hydrogen-bond donors (Lipinski definition) is 1. The molecule has 0 aliphatic heterocycles. The predicted octanol–water partition coefficient (Wildman–Crippen LogP) is 1.50. The Labute approximate surface area is 90.9 Å². The molecule has 1 heterocycles. The molecule has 1 aliphatic carbocycles. The van der Waals surface area contributed by atoms with Gasteiger partial charge in [0.05, 0.1) is 5.54 Å². The number of hydrogen-bond acceptors (Lipinski definition) is 3.